The zero-order valence-corrected chi connectivity index (χ0v) is 15.3. The smallest absolute Gasteiger partial charge is 0.244 e. The monoisotopic (exact) mass is 384 g/mol. The fourth-order valence-electron chi connectivity index (χ4n) is 2.15. The summed E-state index contributed by atoms with van der Waals surface area (Å²) in [6.45, 7) is 2.74. The van der Waals surface area contributed by atoms with E-state index in [1.165, 1.54) is 25.5 Å². The second-order valence-electron chi connectivity index (χ2n) is 4.93. The first-order valence-corrected chi connectivity index (χ1v) is 8.30. The van der Waals surface area contributed by atoms with E-state index in [0.29, 0.717) is 13.1 Å². The van der Waals surface area contributed by atoms with Crippen LogP contribution in [-0.2, 0) is 14.8 Å². The summed E-state index contributed by atoms with van der Waals surface area (Å²) in [6, 6.07) is 3.03. The fraction of sp³-hybridized carbons (Fsp3) is 0.538. The lowest BCUT2D eigenvalue weighted by Crippen LogP contribution is -2.42. The van der Waals surface area contributed by atoms with E-state index in [0.717, 1.165) is 23.8 Å². The van der Waals surface area contributed by atoms with E-state index in [1.54, 1.807) is 11.0 Å². The predicted molar refractivity (Wildman–Crippen MR) is 92.6 cm³/mol. The number of hydrogen-bond acceptors (Lipinski definition) is 5. The quantitative estimate of drug-likeness (QED) is 0.810. The molecule has 0 radical (unpaired) electrons. The minimum atomic E-state index is -3.67. The van der Waals surface area contributed by atoms with Crippen molar-refractivity contribution in [3.8, 4) is 0 Å². The molecule has 2 heterocycles. The van der Waals surface area contributed by atoms with Crippen molar-refractivity contribution in [3.63, 3.8) is 0 Å². The summed E-state index contributed by atoms with van der Waals surface area (Å²) in [7, 11) is -2.26. The van der Waals surface area contributed by atoms with Crippen LogP contribution in [0.5, 0.6) is 0 Å². The van der Waals surface area contributed by atoms with Crippen LogP contribution in [0.15, 0.2) is 29.4 Å². The Balaban J connectivity index is 0.00000242. The Bertz CT molecular complexity index is 578. The molecule has 0 saturated carbocycles. The number of carbonyl (C=O) groups excluding carboxylic acids is 1. The molecular weight excluding hydrogens is 363 g/mol. The highest BCUT2D eigenvalue weighted by Gasteiger charge is 2.25. The molecule has 0 bridgehead atoms. The Morgan fingerprint density at radius 3 is 2.74 bits per heavy atom. The van der Waals surface area contributed by atoms with E-state index in [-0.39, 0.29) is 42.2 Å². The van der Waals surface area contributed by atoms with Gasteiger partial charge >= 0.3 is 0 Å². The number of pyridine rings is 1. The average Bonchev–Trinajstić information content (AvgIpc) is 2.77. The molecule has 10 heteroatoms. The topological polar surface area (TPSA) is 82.6 Å². The van der Waals surface area contributed by atoms with Crippen molar-refractivity contribution in [3.05, 3.63) is 24.5 Å². The third-order valence-corrected chi connectivity index (χ3v) is 5.18. The second kappa shape index (κ2) is 10.0. The van der Waals surface area contributed by atoms with Gasteiger partial charge in [-0.1, -0.05) is 0 Å². The summed E-state index contributed by atoms with van der Waals surface area (Å²) >= 11 is 0. The van der Waals surface area contributed by atoms with Crippen LogP contribution in [0.3, 0.4) is 0 Å². The molecule has 1 aliphatic heterocycles. The number of hydrogen-bond donors (Lipinski definition) is 1. The minimum absolute atomic E-state index is 0. The van der Waals surface area contributed by atoms with E-state index in [1.807, 2.05) is 0 Å². The molecule has 132 valence electrons. The maximum Gasteiger partial charge on any atom is 0.244 e. The van der Waals surface area contributed by atoms with Gasteiger partial charge in [0.2, 0.25) is 15.9 Å². The second-order valence-corrected chi connectivity index (χ2v) is 6.98. The minimum Gasteiger partial charge on any atom is -0.340 e. The molecule has 7 nitrogen and oxygen atoms in total. The summed E-state index contributed by atoms with van der Waals surface area (Å²) < 4.78 is 25.7. The van der Waals surface area contributed by atoms with Crippen LogP contribution in [-0.4, -0.2) is 68.3 Å². The van der Waals surface area contributed by atoms with Crippen molar-refractivity contribution in [2.24, 2.45) is 0 Å². The largest absolute Gasteiger partial charge is 0.340 e. The third-order valence-electron chi connectivity index (χ3n) is 3.39. The summed E-state index contributed by atoms with van der Waals surface area (Å²) in [6.07, 6.45) is 3.67. The number of aromatic nitrogens is 1. The van der Waals surface area contributed by atoms with Crippen LogP contribution >= 0.6 is 24.8 Å². The van der Waals surface area contributed by atoms with Crippen molar-refractivity contribution in [1.82, 2.24) is 19.5 Å². The number of likely N-dealkylation sites (N-methyl/N-ethyl adjacent to an activating group) is 1. The molecule has 0 atom stereocenters. The molecule has 2 rings (SSSR count). The van der Waals surface area contributed by atoms with Gasteiger partial charge in [-0.3, -0.25) is 9.78 Å². The molecular formula is C13H22Cl2N4O3S. The molecule has 1 saturated heterocycles. The van der Waals surface area contributed by atoms with Gasteiger partial charge in [0.1, 0.15) is 4.90 Å². The first kappa shape index (κ1) is 22.1. The van der Waals surface area contributed by atoms with Gasteiger partial charge in [-0.15, -0.1) is 24.8 Å². The van der Waals surface area contributed by atoms with Crippen LogP contribution < -0.4 is 5.32 Å². The van der Waals surface area contributed by atoms with Crippen molar-refractivity contribution in [2.75, 3.05) is 39.8 Å². The first-order chi connectivity index (χ1) is 10.0. The SMILES string of the molecule is CN(CC(=O)N1CCCNCC1)S(=O)(=O)c1cccnc1.Cl.Cl. The van der Waals surface area contributed by atoms with Crippen LogP contribution in [0.1, 0.15) is 6.42 Å². The van der Waals surface area contributed by atoms with Gasteiger partial charge in [0.15, 0.2) is 0 Å². The van der Waals surface area contributed by atoms with E-state index >= 15 is 0 Å². The number of amides is 1. The van der Waals surface area contributed by atoms with E-state index in [2.05, 4.69) is 10.3 Å². The molecule has 1 aromatic rings. The molecule has 1 fully saturated rings. The maximum atomic E-state index is 12.3. The van der Waals surface area contributed by atoms with E-state index in [9.17, 15) is 13.2 Å². The Morgan fingerprint density at radius 2 is 2.09 bits per heavy atom. The number of rotatable bonds is 4. The number of halogens is 2. The Hall–Kier alpha value is -0.930. The molecule has 1 aromatic heterocycles. The summed E-state index contributed by atoms with van der Waals surface area (Å²) in [5.74, 6) is -0.173. The van der Waals surface area contributed by atoms with Crippen molar-refractivity contribution < 1.29 is 13.2 Å². The molecule has 0 spiro atoms. The molecule has 0 unspecified atom stereocenters. The van der Waals surface area contributed by atoms with Crippen LogP contribution in [0.4, 0.5) is 0 Å². The summed E-state index contributed by atoms with van der Waals surface area (Å²) in [5.41, 5.74) is 0. The number of carbonyl (C=O) groups is 1. The van der Waals surface area contributed by atoms with E-state index in [4.69, 9.17) is 0 Å². The molecule has 23 heavy (non-hydrogen) atoms. The standard InChI is InChI=1S/C13H20N4O3S.2ClH/c1-16(21(19,20)12-4-2-5-15-10-12)11-13(18)17-8-3-6-14-7-9-17;;/h2,4-5,10,14H,3,6-9,11H2,1H3;2*1H. The maximum absolute atomic E-state index is 12.3. The first-order valence-electron chi connectivity index (χ1n) is 6.86. The highest BCUT2D eigenvalue weighted by atomic mass is 35.5. The molecule has 0 aromatic carbocycles. The van der Waals surface area contributed by atoms with Crippen LogP contribution in [0.2, 0.25) is 0 Å². The Labute approximate surface area is 149 Å². The van der Waals surface area contributed by atoms with Gasteiger partial charge in [0, 0.05) is 39.1 Å². The summed E-state index contributed by atoms with van der Waals surface area (Å²) in [5, 5.41) is 3.21. The zero-order valence-electron chi connectivity index (χ0n) is 12.8. The van der Waals surface area contributed by atoms with Gasteiger partial charge in [-0.2, -0.15) is 4.31 Å². The predicted octanol–water partition coefficient (Wildman–Crippen LogP) is 0.368. The molecule has 1 aliphatic rings. The van der Waals surface area contributed by atoms with Gasteiger partial charge < -0.3 is 10.2 Å². The number of nitrogens with zero attached hydrogens (tertiary/aromatic N) is 3. The summed E-state index contributed by atoms with van der Waals surface area (Å²) in [4.78, 5) is 17.8. The van der Waals surface area contributed by atoms with Crippen molar-refractivity contribution in [1.29, 1.82) is 0 Å². The van der Waals surface area contributed by atoms with Crippen molar-refractivity contribution >= 4 is 40.7 Å². The van der Waals surface area contributed by atoms with Crippen LogP contribution in [0.25, 0.3) is 0 Å². The lowest BCUT2D eigenvalue weighted by Gasteiger charge is -2.23. The highest BCUT2D eigenvalue weighted by molar-refractivity contribution is 7.89. The number of sulfonamides is 1. The Kier molecular flexibility index (Phi) is 9.64. The van der Waals surface area contributed by atoms with Gasteiger partial charge in [-0.25, -0.2) is 8.42 Å². The lowest BCUT2D eigenvalue weighted by molar-refractivity contribution is -0.131. The van der Waals surface area contributed by atoms with Crippen LogP contribution in [0, 0.1) is 0 Å². The number of nitrogens with one attached hydrogen (secondary N) is 1. The third kappa shape index (κ3) is 5.89. The van der Waals surface area contributed by atoms with Crippen molar-refractivity contribution in [2.45, 2.75) is 11.3 Å². The fourth-order valence-corrected chi connectivity index (χ4v) is 3.24. The van der Waals surface area contributed by atoms with E-state index < -0.39 is 10.0 Å². The zero-order chi connectivity index (χ0) is 15.3. The van der Waals surface area contributed by atoms with Gasteiger partial charge in [0.25, 0.3) is 0 Å². The highest BCUT2D eigenvalue weighted by Crippen LogP contribution is 2.12. The average molecular weight is 385 g/mol. The van der Waals surface area contributed by atoms with Gasteiger partial charge in [0.05, 0.1) is 6.54 Å². The normalized spacial score (nSPS) is 15.3. The molecule has 1 N–H and O–H groups in total. The molecule has 0 aliphatic carbocycles. The molecule has 1 amide bonds. The lowest BCUT2D eigenvalue weighted by atomic mass is 10.4. The van der Waals surface area contributed by atoms with Gasteiger partial charge in [-0.05, 0) is 25.1 Å². The Morgan fingerprint density at radius 1 is 1.35 bits per heavy atom.